The van der Waals surface area contributed by atoms with Crippen LogP contribution in [0.5, 0.6) is 0 Å². The van der Waals surface area contributed by atoms with Gasteiger partial charge in [-0.2, -0.15) is 0 Å². The Hall–Kier alpha value is -0.930. The molecule has 82 valence electrons. The van der Waals surface area contributed by atoms with Crippen LogP contribution in [0.25, 0.3) is 0 Å². The lowest BCUT2D eigenvalue weighted by Gasteiger charge is -2.16. The first-order chi connectivity index (χ1) is 7.18. The minimum Gasteiger partial charge on any atom is -0.393 e. The van der Waals surface area contributed by atoms with Gasteiger partial charge in [-0.3, -0.25) is 0 Å². The van der Waals surface area contributed by atoms with Gasteiger partial charge in [0.15, 0.2) is 0 Å². The quantitative estimate of drug-likeness (QED) is 0.748. The highest BCUT2D eigenvalue weighted by Gasteiger charge is 1.99. The summed E-state index contributed by atoms with van der Waals surface area (Å²) in [7, 11) is 2.12. The minimum absolute atomic E-state index is 0.614. The van der Waals surface area contributed by atoms with Crippen molar-refractivity contribution < 1.29 is 0 Å². The van der Waals surface area contributed by atoms with Crippen molar-refractivity contribution in [3.8, 4) is 0 Å². The van der Waals surface area contributed by atoms with Gasteiger partial charge < -0.3 is 10.6 Å². The molecule has 1 aromatic carbocycles. The van der Waals surface area contributed by atoms with Gasteiger partial charge in [0.05, 0.1) is 4.99 Å². The van der Waals surface area contributed by atoms with Gasteiger partial charge in [0.2, 0.25) is 0 Å². The molecule has 0 bridgehead atoms. The molecule has 1 aromatic rings. The number of nitrogens with zero attached hydrogens (tertiary/aromatic N) is 1. The lowest BCUT2D eigenvalue weighted by molar-refractivity contribution is 0.324. The van der Waals surface area contributed by atoms with Gasteiger partial charge in [0, 0.05) is 6.54 Å². The van der Waals surface area contributed by atoms with Gasteiger partial charge in [0.1, 0.15) is 0 Å². The van der Waals surface area contributed by atoms with Crippen molar-refractivity contribution in [2.45, 2.75) is 19.4 Å². The van der Waals surface area contributed by atoms with E-state index >= 15 is 0 Å². The van der Waals surface area contributed by atoms with Crippen molar-refractivity contribution >= 4 is 17.2 Å². The fourth-order valence-corrected chi connectivity index (χ4v) is 1.64. The normalized spacial score (nSPS) is 10.5. The summed E-state index contributed by atoms with van der Waals surface area (Å²) in [5.74, 6) is 0. The number of nitrogens with two attached hydrogens (primary N) is 1. The van der Waals surface area contributed by atoms with E-state index in [1.165, 1.54) is 5.56 Å². The molecule has 0 saturated heterocycles. The van der Waals surface area contributed by atoms with Gasteiger partial charge >= 0.3 is 0 Å². The Labute approximate surface area is 97.1 Å². The summed E-state index contributed by atoms with van der Waals surface area (Å²) in [6, 6.07) is 10.5. The van der Waals surface area contributed by atoms with E-state index in [4.69, 9.17) is 18.0 Å². The molecule has 0 spiro atoms. The van der Waals surface area contributed by atoms with Crippen LogP contribution in [0, 0.1) is 0 Å². The standard InChI is InChI=1S/C12H18N2S/c1-14(9-5-8-12(13)15)10-11-6-3-2-4-7-11/h2-4,6-7H,5,8-10H2,1H3,(H2,13,15). The van der Waals surface area contributed by atoms with E-state index in [0.29, 0.717) is 4.99 Å². The Bertz CT molecular complexity index is 298. The van der Waals surface area contributed by atoms with Crippen LogP contribution in [0.1, 0.15) is 18.4 Å². The topological polar surface area (TPSA) is 29.3 Å². The van der Waals surface area contributed by atoms with E-state index in [-0.39, 0.29) is 0 Å². The molecular weight excluding hydrogens is 204 g/mol. The number of benzene rings is 1. The fraction of sp³-hybridized carbons (Fsp3) is 0.417. The molecule has 0 amide bonds. The second-order valence-electron chi connectivity index (χ2n) is 3.79. The lowest BCUT2D eigenvalue weighted by atomic mass is 10.2. The number of thiocarbonyl (C=S) groups is 1. The molecule has 0 fully saturated rings. The predicted molar refractivity (Wildman–Crippen MR) is 68.8 cm³/mol. The Balaban J connectivity index is 2.24. The smallest absolute Gasteiger partial charge is 0.0727 e. The molecule has 3 heteroatoms. The molecule has 0 aliphatic carbocycles. The molecule has 1 rings (SSSR count). The van der Waals surface area contributed by atoms with E-state index in [2.05, 4.69) is 36.2 Å². The van der Waals surface area contributed by atoms with E-state index < -0.39 is 0 Å². The summed E-state index contributed by atoms with van der Waals surface area (Å²) in [5.41, 5.74) is 6.79. The van der Waals surface area contributed by atoms with Crippen LogP contribution in [0.15, 0.2) is 30.3 Å². The molecule has 2 nitrogen and oxygen atoms in total. The monoisotopic (exact) mass is 222 g/mol. The number of rotatable bonds is 6. The maximum absolute atomic E-state index is 5.44. The molecule has 0 heterocycles. The number of hydrogen-bond acceptors (Lipinski definition) is 2. The zero-order chi connectivity index (χ0) is 11.1. The Kier molecular flexibility index (Phi) is 5.29. The maximum Gasteiger partial charge on any atom is 0.0727 e. The highest BCUT2D eigenvalue weighted by Crippen LogP contribution is 2.03. The SMILES string of the molecule is CN(CCCC(N)=S)Cc1ccccc1. The number of hydrogen-bond donors (Lipinski definition) is 1. The Morgan fingerprint density at radius 2 is 2.00 bits per heavy atom. The van der Waals surface area contributed by atoms with Crippen LogP contribution in [0.2, 0.25) is 0 Å². The van der Waals surface area contributed by atoms with Crippen molar-refractivity contribution in [3.63, 3.8) is 0 Å². The van der Waals surface area contributed by atoms with Crippen molar-refractivity contribution in [2.75, 3.05) is 13.6 Å². The van der Waals surface area contributed by atoms with Crippen LogP contribution in [0.3, 0.4) is 0 Å². The zero-order valence-corrected chi connectivity index (χ0v) is 9.96. The van der Waals surface area contributed by atoms with Crippen molar-refractivity contribution in [3.05, 3.63) is 35.9 Å². The average Bonchev–Trinajstić information content (AvgIpc) is 2.18. The first-order valence-electron chi connectivity index (χ1n) is 5.19. The molecule has 0 aliphatic heterocycles. The van der Waals surface area contributed by atoms with E-state index in [9.17, 15) is 0 Å². The summed E-state index contributed by atoms with van der Waals surface area (Å²) >= 11 is 4.84. The van der Waals surface area contributed by atoms with Crippen molar-refractivity contribution in [1.29, 1.82) is 0 Å². The Morgan fingerprint density at radius 3 is 2.60 bits per heavy atom. The van der Waals surface area contributed by atoms with Gasteiger partial charge in [-0.1, -0.05) is 42.5 Å². The predicted octanol–water partition coefficient (Wildman–Crippen LogP) is 2.18. The molecule has 0 saturated carbocycles. The first kappa shape index (κ1) is 12.1. The molecular formula is C12H18N2S. The second-order valence-corrected chi connectivity index (χ2v) is 4.32. The summed E-state index contributed by atoms with van der Waals surface area (Å²) in [5, 5.41) is 0. The molecule has 0 aromatic heterocycles. The summed E-state index contributed by atoms with van der Waals surface area (Å²) in [6.45, 7) is 2.02. The van der Waals surface area contributed by atoms with Gasteiger partial charge in [-0.15, -0.1) is 0 Å². The van der Waals surface area contributed by atoms with Gasteiger partial charge in [-0.25, -0.2) is 0 Å². The molecule has 0 unspecified atom stereocenters. The summed E-state index contributed by atoms with van der Waals surface area (Å²) in [4.78, 5) is 2.90. The largest absolute Gasteiger partial charge is 0.393 e. The molecule has 0 radical (unpaired) electrons. The van der Waals surface area contributed by atoms with Crippen LogP contribution in [0.4, 0.5) is 0 Å². The fourth-order valence-electron chi connectivity index (χ4n) is 1.50. The summed E-state index contributed by atoms with van der Waals surface area (Å²) in [6.07, 6.45) is 1.88. The molecule has 0 atom stereocenters. The van der Waals surface area contributed by atoms with Crippen molar-refractivity contribution in [2.24, 2.45) is 5.73 Å². The Morgan fingerprint density at radius 1 is 1.33 bits per heavy atom. The maximum atomic E-state index is 5.44. The third kappa shape index (κ3) is 5.50. The van der Waals surface area contributed by atoms with Crippen LogP contribution >= 0.6 is 12.2 Å². The zero-order valence-electron chi connectivity index (χ0n) is 9.15. The second kappa shape index (κ2) is 6.53. The lowest BCUT2D eigenvalue weighted by Crippen LogP contribution is -2.20. The minimum atomic E-state index is 0.614. The third-order valence-corrected chi connectivity index (χ3v) is 2.46. The van der Waals surface area contributed by atoms with Crippen LogP contribution in [-0.4, -0.2) is 23.5 Å². The average molecular weight is 222 g/mol. The van der Waals surface area contributed by atoms with Crippen LogP contribution in [-0.2, 0) is 6.54 Å². The van der Waals surface area contributed by atoms with Gasteiger partial charge in [-0.05, 0) is 32.0 Å². The van der Waals surface area contributed by atoms with E-state index in [1.54, 1.807) is 0 Å². The van der Waals surface area contributed by atoms with Crippen LogP contribution < -0.4 is 5.73 Å². The molecule has 15 heavy (non-hydrogen) atoms. The van der Waals surface area contributed by atoms with Crippen molar-refractivity contribution in [1.82, 2.24) is 4.90 Å². The van der Waals surface area contributed by atoms with E-state index in [1.807, 2.05) is 6.07 Å². The highest BCUT2D eigenvalue weighted by molar-refractivity contribution is 7.80. The third-order valence-electron chi connectivity index (χ3n) is 2.26. The summed E-state index contributed by atoms with van der Waals surface area (Å²) < 4.78 is 0. The first-order valence-corrected chi connectivity index (χ1v) is 5.60. The van der Waals surface area contributed by atoms with Gasteiger partial charge in [0.25, 0.3) is 0 Å². The highest BCUT2D eigenvalue weighted by atomic mass is 32.1. The molecule has 0 aliphatic rings. The van der Waals surface area contributed by atoms with E-state index in [0.717, 1.165) is 25.9 Å². The molecule has 2 N–H and O–H groups in total.